The van der Waals surface area contributed by atoms with E-state index in [1.54, 1.807) is 6.26 Å². The first-order valence-electron chi connectivity index (χ1n) is 2.79. The molecule has 3 nitrogen and oxygen atoms in total. The van der Waals surface area contributed by atoms with Gasteiger partial charge in [0, 0.05) is 29.4 Å². The van der Waals surface area contributed by atoms with Crippen molar-refractivity contribution in [3.8, 4) is 0 Å². The molecule has 0 aromatic heterocycles. The summed E-state index contributed by atoms with van der Waals surface area (Å²) >= 11 is 2.99. The topological polar surface area (TPSA) is 46.2 Å². The largest absolute Gasteiger partial charge is 0.354 e. The van der Waals surface area contributed by atoms with Gasteiger partial charge in [-0.1, -0.05) is 15.9 Å². The van der Waals surface area contributed by atoms with Crippen molar-refractivity contribution >= 4 is 32.6 Å². The van der Waals surface area contributed by atoms with Crippen molar-refractivity contribution in [3.63, 3.8) is 0 Å². The molecule has 1 atom stereocenters. The van der Waals surface area contributed by atoms with E-state index >= 15 is 0 Å². The number of halogens is 1. The van der Waals surface area contributed by atoms with Crippen LogP contribution in [0.4, 0.5) is 0 Å². The standard InChI is InChI=1S/C5H10BrNO2S/c1-10(9)3-2-7-5(8)4-6/h2-4H2,1H3,(H,7,8). The average Bonchev–Trinajstić information content (AvgIpc) is 1.87. The van der Waals surface area contributed by atoms with Gasteiger partial charge in [-0.2, -0.15) is 0 Å². The second-order valence-corrected chi connectivity index (χ2v) is 3.88. The fourth-order valence-electron chi connectivity index (χ4n) is 0.381. The molecule has 0 heterocycles. The van der Waals surface area contributed by atoms with Gasteiger partial charge in [-0.05, 0) is 0 Å². The smallest absolute Gasteiger partial charge is 0.230 e. The molecule has 0 aliphatic carbocycles. The van der Waals surface area contributed by atoms with E-state index in [-0.39, 0.29) is 5.91 Å². The van der Waals surface area contributed by atoms with Gasteiger partial charge in [0.1, 0.15) is 0 Å². The molecule has 5 heteroatoms. The lowest BCUT2D eigenvalue weighted by Gasteiger charge is -1.98. The Morgan fingerprint density at radius 3 is 2.70 bits per heavy atom. The van der Waals surface area contributed by atoms with E-state index in [0.717, 1.165) is 0 Å². The average molecular weight is 228 g/mol. The molecule has 0 fully saturated rings. The van der Waals surface area contributed by atoms with Gasteiger partial charge in [0.15, 0.2) is 0 Å². The number of nitrogens with one attached hydrogen (secondary N) is 1. The predicted molar refractivity (Wildman–Crippen MR) is 45.7 cm³/mol. The maximum atomic E-state index is 10.5. The summed E-state index contributed by atoms with van der Waals surface area (Å²) < 4.78 is 10.5. The third kappa shape index (κ3) is 6.22. The van der Waals surface area contributed by atoms with Gasteiger partial charge < -0.3 is 5.32 Å². The van der Waals surface area contributed by atoms with Crippen LogP contribution in [0.1, 0.15) is 0 Å². The van der Waals surface area contributed by atoms with Crippen LogP contribution in [0.3, 0.4) is 0 Å². The summed E-state index contributed by atoms with van der Waals surface area (Å²) in [5, 5.41) is 2.89. The van der Waals surface area contributed by atoms with Gasteiger partial charge in [0.2, 0.25) is 5.91 Å². The van der Waals surface area contributed by atoms with E-state index in [9.17, 15) is 9.00 Å². The fraction of sp³-hybridized carbons (Fsp3) is 0.800. The van der Waals surface area contributed by atoms with Crippen molar-refractivity contribution in [2.45, 2.75) is 0 Å². The van der Waals surface area contributed by atoms with E-state index in [0.29, 0.717) is 17.6 Å². The maximum absolute atomic E-state index is 10.5. The van der Waals surface area contributed by atoms with Crippen molar-refractivity contribution in [3.05, 3.63) is 0 Å². The van der Waals surface area contributed by atoms with Crippen LogP contribution in [0.15, 0.2) is 0 Å². The molecule has 0 saturated heterocycles. The molecule has 1 unspecified atom stereocenters. The summed E-state index contributed by atoms with van der Waals surface area (Å²) in [6.45, 7) is 0.494. The van der Waals surface area contributed by atoms with E-state index in [1.807, 2.05) is 0 Å². The maximum Gasteiger partial charge on any atom is 0.230 e. The van der Waals surface area contributed by atoms with Crippen LogP contribution in [0.5, 0.6) is 0 Å². The minimum absolute atomic E-state index is 0.0644. The Hall–Kier alpha value is 0.1000. The molecule has 10 heavy (non-hydrogen) atoms. The van der Waals surface area contributed by atoms with Crippen LogP contribution in [0, 0.1) is 0 Å². The lowest BCUT2D eigenvalue weighted by molar-refractivity contribution is -0.118. The minimum atomic E-state index is -0.814. The monoisotopic (exact) mass is 227 g/mol. The lowest BCUT2D eigenvalue weighted by atomic mass is 10.6. The van der Waals surface area contributed by atoms with Crippen LogP contribution in [0.25, 0.3) is 0 Å². The van der Waals surface area contributed by atoms with Crippen molar-refractivity contribution in [2.75, 3.05) is 23.9 Å². The first-order chi connectivity index (χ1) is 4.66. The third-order valence-electron chi connectivity index (χ3n) is 0.833. The molecule has 0 radical (unpaired) electrons. The number of hydrogen-bond acceptors (Lipinski definition) is 2. The number of rotatable bonds is 4. The molecule has 0 aliphatic heterocycles. The normalized spacial score (nSPS) is 12.6. The molecular formula is C5H10BrNO2S. The zero-order valence-corrected chi connectivity index (χ0v) is 8.13. The highest BCUT2D eigenvalue weighted by Gasteiger charge is 1.96. The molecular weight excluding hydrogens is 218 g/mol. The van der Waals surface area contributed by atoms with Crippen LogP contribution in [-0.2, 0) is 15.6 Å². The molecule has 0 bridgehead atoms. The summed E-state index contributed by atoms with van der Waals surface area (Å²) in [5.74, 6) is 0.462. The zero-order valence-electron chi connectivity index (χ0n) is 5.72. The summed E-state index contributed by atoms with van der Waals surface area (Å²) in [4.78, 5) is 10.5. The minimum Gasteiger partial charge on any atom is -0.354 e. The van der Waals surface area contributed by atoms with Gasteiger partial charge in [-0.25, -0.2) is 0 Å². The van der Waals surface area contributed by atoms with E-state index in [1.165, 1.54) is 0 Å². The molecule has 0 saturated carbocycles. The Balaban J connectivity index is 3.20. The van der Waals surface area contributed by atoms with Gasteiger partial charge in [0.25, 0.3) is 0 Å². The molecule has 0 aromatic rings. The highest BCUT2D eigenvalue weighted by molar-refractivity contribution is 9.09. The van der Waals surface area contributed by atoms with Gasteiger partial charge in [0.05, 0.1) is 5.33 Å². The van der Waals surface area contributed by atoms with Crippen molar-refractivity contribution in [1.29, 1.82) is 0 Å². The molecule has 60 valence electrons. The Labute approximate surface area is 71.2 Å². The number of amides is 1. The van der Waals surface area contributed by atoms with Crippen LogP contribution >= 0.6 is 15.9 Å². The number of carbonyl (C=O) groups excluding carboxylic acids is 1. The van der Waals surface area contributed by atoms with Crippen molar-refractivity contribution in [1.82, 2.24) is 5.32 Å². The first kappa shape index (κ1) is 10.1. The highest BCUT2D eigenvalue weighted by Crippen LogP contribution is 1.78. The molecule has 0 rings (SSSR count). The van der Waals surface area contributed by atoms with E-state index in [2.05, 4.69) is 21.2 Å². The number of carbonyl (C=O) groups is 1. The molecule has 0 aliphatic rings. The molecule has 0 aromatic carbocycles. The first-order valence-corrected chi connectivity index (χ1v) is 5.64. The van der Waals surface area contributed by atoms with Crippen molar-refractivity contribution in [2.24, 2.45) is 0 Å². The summed E-state index contributed by atoms with van der Waals surface area (Å²) in [6.07, 6.45) is 1.61. The summed E-state index contributed by atoms with van der Waals surface area (Å²) in [5.41, 5.74) is 0. The van der Waals surface area contributed by atoms with Crippen LogP contribution < -0.4 is 5.32 Å². The second kappa shape index (κ2) is 5.85. The van der Waals surface area contributed by atoms with Gasteiger partial charge in [-0.15, -0.1) is 0 Å². The van der Waals surface area contributed by atoms with E-state index in [4.69, 9.17) is 0 Å². The lowest BCUT2D eigenvalue weighted by Crippen LogP contribution is -2.28. The van der Waals surface area contributed by atoms with Gasteiger partial charge in [-0.3, -0.25) is 9.00 Å². The van der Waals surface area contributed by atoms with Crippen LogP contribution in [0.2, 0.25) is 0 Å². The Kier molecular flexibility index (Phi) is 5.91. The summed E-state index contributed by atoms with van der Waals surface area (Å²) in [7, 11) is -0.814. The quantitative estimate of drug-likeness (QED) is 0.681. The molecule has 1 N–H and O–H groups in total. The number of alkyl halides is 1. The highest BCUT2D eigenvalue weighted by atomic mass is 79.9. The predicted octanol–water partition coefficient (Wildman–Crippen LogP) is -0.124. The fourth-order valence-corrected chi connectivity index (χ4v) is 0.969. The van der Waals surface area contributed by atoms with Crippen molar-refractivity contribution < 1.29 is 9.00 Å². The Morgan fingerprint density at radius 1 is 1.70 bits per heavy atom. The second-order valence-electron chi connectivity index (χ2n) is 1.76. The SMILES string of the molecule is CS(=O)CCNC(=O)CBr. The number of hydrogen-bond donors (Lipinski definition) is 1. The van der Waals surface area contributed by atoms with Gasteiger partial charge >= 0.3 is 0 Å². The Bertz CT molecular complexity index is 140. The summed E-state index contributed by atoms with van der Waals surface area (Å²) in [6, 6.07) is 0. The zero-order chi connectivity index (χ0) is 7.98. The Morgan fingerprint density at radius 2 is 2.30 bits per heavy atom. The molecule has 1 amide bonds. The molecule has 0 spiro atoms. The third-order valence-corrected chi connectivity index (χ3v) is 2.12. The van der Waals surface area contributed by atoms with E-state index < -0.39 is 10.8 Å². The van der Waals surface area contributed by atoms with Crippen LogP contribution in [-0.4, -0.2) is 34.0 Å².